The van der Waals surface area contributed by atoms with Gasteiger partial charge in [0.1, 0.15) is 16.7 Å². The molecule has 1 fully saturated rings. The van der Waals surface area contributed by atoms with Crippen molar-refractivity contribution in [2.75, 3.05) is 35.2 Å². The molecular formula is C23H25Cl2N3O6S3. The summed E-state index contributed by atoms with van der Waals surface area (Å²) in [6, 6.07) is 3.54. The van der Waals surface area contributed by atoms with Crippen LogP contribution >= 0.6 is 47.2 Å². The SMILES string of the molecule is CCN1C(=CC=C(C)C=C2SC(=S)N(CC(=O)O)C2=O)N(CCCCS(=O)(=O)O)c2cc(Cl)c(Cl)cc21. The molecule has 2 N–H and O–H groups in total. The van der Waals surface area contributed by atoms with Crippen LogP contribution in [-0.4, -0.2) is 64.6 Å². The topological polar surface area (TPSA) is 118 Å². The van der Waals surface area contributed by atoms with Crippen LogP contribution in [0.4, 0.5) is 11.4 Å². The highest BCUT2D eigenvalue weighted by Gasteiger charge is 2.33. The maximum atomic E-state index is 12.6. The summed E-state index contributed by atoms with van der Waals surface area (Å²) in [7, 11) is -4.05. The first-order chi connectivity index (χ1) is 17.3. The van der Waals surface area contributed by atoms with Gasteiger partial charge < -0.3 is 14.9 Å². The predicted octanol–water partition coefficient (Wildman–Crippen LogP) is 4.92. The smallest absolute Gasteiger partial charge is 0.323 e. The van der Waals surface area contributed by atoms with E-state index in [0.717, 1.165) is 39.4 Å². The molecule has 3 rings (SSSR count). The molecule has 0 radical (unpaired) electrons. The Labute approximate surface area is 235 Å². The van der Waals surface area contributed by atoms with Crippen LogP contribution in [0.3, 0.4) is 0 Å². The van der Waals surface area contributed by atoms with Gasteiger partial charge in [0.2, 0.25) is 0 Å². The van der Waals surface area contributed by atoms with Gasteiger partial charge in [-0.3, -0.25) is 19.0 Å². The molecule has 1 amide bonds. The number of carboxylic acid groups (broad SMARTS) is 1. The van der Waals surface area contributed by atoms with E-state index >= 15 is 0 Å². The van der Waals surface area contributed by atoms with Gasteiger partial charge in [0.05, 0.1) is 32.1 Å². The molecule has 1 aromatic carbocycles. The summed E-state index contributed by atoms with van der Waals surface area (Å²) in [6.45, 7) is 4.37. The number of rotatable bonds is 10. The van der Waals surface area contributed by atoms with Crippen molar-refractivity contribution in [3.8, 4) is 0 Å². The molecule has 0 atom stereocenters. The third-order valence-corrected chi connectivity index (χ3v) is 8.43. The number of hydrogen-bond acceptors (Lipinski definition) is 8. The maximum Gasteiger partial charge on any atom is 0.323 e. The third kappa shape index (κ3) is 7.27. The van der Waals surface area contributed by atoms with Crippen LogP contribution in [0, 0.1) is 0 Å². The lowest BCUT2D eigenvalue weighted by molar-refractivity contribution is -0.140. The van der Waals surface area contributed by atoms with E-state index < -0.39 is 28.5 Å². The summed E-state index contributed by atoms with van der Waals surface area (Å²) >= 11 is 18.8. The highest BCUT2D eigenvalue weighted by molar-refractivity contribution is 8.26. The van der Waals surface area contributed by atoms with Crippen LogP contribution in [-0.2, 0) is 19.7 Å². The van der Waals surface area contributed by atoms with Crippen molar-refractivity contribution in [2.45, 2.75) is 26.7 Å². The first kappa shape index (κ1) is 29.5. The molecule has 1 saturated heterocycles. The number of fused-ring (bicyclic) bond motifs is 1. The monoisotopic (exact) mass is 605 g/mol. The van der Waals surface area contributed by atoms with Crippen molar-refractivity contribution in [1.82, 2.24) is 4.90 Å². The average molecular weight is 607 g/mol. The number of carbonyl (C=O) groups excluding carboxylic acids is 1. The van der Waals surface area contributed by atoms with Gasteiger partial charge in [-0.1, -0.05) is 53.3 Å². The Hall–Kier alpha value is -2.09. The van der Waals surface area contributed by atoms with Crippen molar-refractivity contribution >= 4 is 84.9 Å². The molecule has 0 saturated carbocycles. The fraction of sp³-hybridized carbons (Fsp3) is 0.348. The molecule has 0 aliphatic carbocycles. The standard InChI is InChI=1S/C23H25Cl2N3O6S3/c1-3-26-17-11-15(24)16(25)12-18(17)27(8-4-5-9-37(32,33)34)20(26)7-6-14(2)10-19-22(31)28(13-21(29)30)23(35)36-19/h6-7,10-12H,3-5,8-9,13H2,1-2H3,(H,29,30)(H,32,33,34). The molecule has 1 aromatic rings. The molecule has 2 aliphatic rings. The number of benzene rings is 1. The van der Waals surface area contributed by atoms with E-state index in [1.54, 1.807) is 18.2 Å². The van der Waals surface area contributed by atoms with Gasteiger partial charge in [0, 0.05) is 13.1 Å². The summed E-state index contributed by atoms with van der Waals surface area (Å²) in [5.74, 6) is -1.13. The second-order valence-electron chi connectivity index (χ2n) is 8.24. The third-order valence-electron chi connectivity index (χ3n) is 5.52. The van der Waals surface area contributed by atoms with E-state index in [4.69, 9.17) is 45.1 Å². The van der Waals surface area contributed by atoms with E-state index in [2.05, 4.69) is 0 Å². The van der Waals surface area contributed by atoms with E-state index in [9.17, 15) is 18.0 Å². The fourth-order valence-electron chi connectivity index (χ4n) is 3.88. The van der Waals surface area contributed by atoms with Gasteiger partial charge in [0.25, 0.3) is 16.0 Å². The molecule has 14 heteroatoms. The van der Waals surface area contributed by atoms with Gasteiger partial charge in [-0.05, 0) is 56.5 Å². The van der Waals surface area contributed by atoms with Gasteiger partial charge in [-0.25, -0.2) is 0 Å². The van der Waals surface area contributed by atoms with E-state index in [1.165, 1.54) is 0 Å². The van der Waals surface area contributed by atoms with Crippen molar-refractivity contribution in [1.29, 1.82) is 0 Å². The summed E-state index contributed by atoms with van der Waals surface area (Å²) < 4.78 is 31.5. The highest BCUT2D eigenvalue weighted by atomic mass is 35.5. The minimum absolute atomic E-state index is 0.193. The van der Waals surface area contributed by atoms with Gasteiger partial charge in [0.15, 0.2) is 0 Å². The molecule has 0 spiro atoms. The molecular weight excluding hydrogens is 581 g/mol. The van der Waals surface area contributed by atoms with Gasteiger partial charge in [-0.15, -0.1) is 0 Å². The molecule has 0 aromatic heterocycles. The van der Waals surface area contributed by atoms with Crippen LogP contribution < -0.4 is 9.80 Å². The zero-order valence-corrected chi connectivity index (χ0v) is 23.9. The molecule has 2 heterocycles. The van der Waals surface area contributed by atoms with Crippen LogP contribution in [0.15, 0.2) is 46.7 Å². The first-order valence-corrected chi connectivity index (χ1v) is 14.8. The van der Waals surface area contributed by atoms with Crippen molar-refractivity contribution in [3.63, 3.8) is 0 Å². The molecule has 200 valence electrons. The first-order valence-electron chi connectivity index (χ1n) is 11.2. The Morgan fingerprint density at radius 3 is 2.32 bits per heavy atom. The zero-order valence-electron chi connectivity index (χ0n) is 20.0. The second-order valence-corrected chi connectivity index (χ2v) is 12.3. The predicted molar refractivity (Wildman–Crippen MR) is 152 cm³/mol. The zero-order chi connectivity index (χ0) is 27.5. The summed E-state index contributed by atoms with van der Waals surface area (Å²) in [5.41, 5.74) is 2.39. The number of amides is 1. The maximum absolute atomic E-state index is 12.6. The number of thioether (sulfide) groups is 1. The molecule has 0 unspecified atom stereocenters. The Morgan fingerprint density at radius 1 is 1.14 bits per heavy atom. The number of aliphatic carboxylic acids is 1. The number of unbranched alkanes of at least 4 members (excludes halogenated alkanes) is 1. The van der Waals surface area contributed by atoms with Crippen molar-refractivity contribution in [3.05, 3.63) is 56.7 Å². The fourth-order valence-corrected chi connectivity index (χ4v) is 6.07. The Morgan fingerprint density at radius 2 is 1.76 bits per heavy atom. The number of halogens is 2. The summed E-state index contributed by atoms with van der Waals surface area (Å²) in [6.07, 6.45) is 6.11. The number of hydrogen-bond donors (Lipinski definition) is 2. The highest BCUT2D eigenvalue weighted by Crippen LogP contribution is 2.45. The number of thiocarbonyl (C=S) groups is 1. The lowest BCUT2D eigenvalue weighted by Crippen LogP contribution is -2.33. The molecule has 9 nitrogen and oxygen atoms in total. The Bertz CT molecular complexity index is 1330. The number of carboxylic acids is 1. The normalized spacial score (nSPS) is 18.5. The number of carbonyl (C=O) groups is 2. The van der Waals surface area contributed by atoms with Gasteiger partial charge >= 0.3 is 5.97 Å². The minimum Gasteiger partial charge on any atom is -0.480 e. The van der Waals surface area contributed by atoms with Crippen molar-refractivity contribution < 1.29 is 27.7 Å². The number of nitrogens with zero attached hydrogens (tertiary/aromatic N) is 3. The summed E-state index contributed by atoms with van der Waals surface area (Å²) in [5, 5.41) is 9.80. The Balaban J connectivity index is 1.91. The molecule has 37 heavy (non-hydrogen) atoms. The van der Waals surface area contributed by atoms with Crippen molar-refractivity contribution in [2.24, 2.45) is 0 Å². The van der Waals surface area contributed by atoms with E-state index in [-0.39, 0.29) is 16.5 Å². The Kier molecular flexibility index (Phi) is 9.70. The lowest BCUT2D eigenvalue weighted by Gasteiger charge is -2.24. The van der Waals surface area contributed by atoms with Crippen LogP contribution in [0.1, 0.15) is 26.7 Å². The van der Waals surface area contributed by atoms with Crippen LogP contribution in [0.25, 0.3) is 0 Å². The molecule has 2 aliphatic heterocycles. The largest absolute Gasteiger partial charge is 0.480 e. The van der Waals surface area contributed by atoms with E-state index in [1.807, 2.05) is 35.8 Å². The average Bonchev–Trinajstić information content (AvgIpc) is 3.22. The minimum atomic E-state index is -4.05. The van der Waals surface area contributed by atoms with Crippen LogP contribution in [0.5, 0.6) is 0 Å². The number of anilines is 2. The lowest BCUT2D eigenvalue weighted by atomic mass is 10.2. The quantitative estimate of drug-likeness (QED) is 0.164. The molecule has 0 bridgehead atoms. The summed E-state index contributed by atoms with van der Waals surface area (Å²) in [4.78, 5) is 29.0. The second kappa shape index (κ2) is 12.2. The van der Waals surface area contributed by atoms with Gasteiger partial charge in [-0.2, -0.15) is 8.42 Å². The number of allylic oxidation sites excluding steroid dienone is 4. The van der Waals surface area contributed by atoms with E-state index in [0.29, 0.717) is 34.5 Å². The van der Waals surface area contributed by atoms with Crippen LogP contribution in [0.2, 0.25) is 10.0 Å².